The highest BCUT2D eigenvalue weighted by molar-refractivity contribution is 6.03. The molecule has 7 heteroatoms. The van der Waals surface area contributed by atoms with E-state index < -0.39 is 11.7 Å². The van der Waals surface area contributed by atoms with Gasteiger partial charge in [0.2, 0.25) is 6.79 Å². The molecule has 0 saturated heterocycles. The number of hydrogen-bond acceptors (Lipinski definition) is 5. The smallest absolute Gasteiger partial charge is 0.256 e. The Morgan fingerprint density at radius 2 is 1.96 bits per heavy atom. The maximum atomic E-state index is 13.2. The van der Waals surface area contributed by atoms with Gasteiger partial charge in [-0.15, -0.1) is 0 Å². The molecular formula is C20H16FN3O3. The van der Waals surface area contributed by atoms with Gasteiger partial charge in [-0.2, -0.15) is 0 Å². The second-order valence-electron chi connectivity index (χ2n) is 5.94. The predicted octanol–water partition coefficient (Wildman–Crippen LogP) is 3.81. The second-order valence-corrected chi connectivity index (χ2v) is 5.94. The summed E-state index contributed by atoms with van der Waals surface area (Å²) in [5.41, 5.74) is 2.08. The molecule has 1 aromatic heterocycles. The summed E-state index contributed by atoms with van der Waals surface area (Å²) in [5.74, 6) is 1.00. The molecule has 0 aliphatic carbocycles. The standard InChI is InChI=1S/C20H16FN3O3/c21-15-3-1-2-14(9-15)20(25)24-19-7-5-16(11-23-19)22-10-13-4-6-17-18(8-13)27-12-26-17/h1-9,11,22H,10,12H2,(H,23,24,25). The van der Waals surface area contributed by atoms with E-state index in [9.17, 15) is 9.18 Å². The molecule has 0 spiro atoms. The molecule has 0 saturated carbocycles. The summed E-state index contributed by atoms with van der Waals surface area (Å²) in [4.78, 5) is 16.3. The van der Waals surface area contributed by atoms with Crippen molar-refractivity contribution in [2.24, 2.45) is 0 Å². The van der Waals surface area contributed by atoms with Crippen LogP contribution in [0.15, 0.2) is 60.8 Å². The number of amides is 1. The minimum atomic E-state index is -0.460. The van der Waals surface area contributed by atoms with E-state index in [1.807, 2.05) is 18.2 Å². The molecule has 0 atom stereocenters. The maximum absolute atomic E-state index is 13.2. The maximum Gasteiger partial charge on any atom is 0.256 e. The third-order valence-electron chi connectivity index (χ3n) is 4.03. The van der Waals surface area contributed by atoms with Crippen molar-refractivity contribution in [2.45, 2.75) is 6.54 Å². The van der Waals surface area contributed by atoms with Gasteiger partial charge in [-0.1, -0.05) is 12.1 Å². The fourth-order valence-electron chi connectivity index (χ4n) is 2.65. The van der Waals surface area contributed by atoms with Gasteiger partial charge < -0.3 is 20.1 Å². The molecule has 27 heavy (non-hydrogen) atoms. The van der Waals surface area contributed by atoms with Crippen molar-refractivity contribution in [1.29, 1.82) is 0 Å². The summed E-state index contributed by atoms with van der Waals surface area (Å²) < 4.78 is 23.9. The van der Waals surface area contributed by atoms with E-state index in [1.54, 1.807) is 24.4 Å². The van der Waals surface area contributed by atoms with E-state index in [-0.39, 0.29) is 12.4 Å². The van der Waals surface area contributed by atoms with Crippen LogP contribution in [0.1, 0.15) is 15.9 Å². The Bertz CT molecular complexity index is 976. The van der Waals surface area contributed by atoms with Crippen LogP contribution in [0.5, 0.6) is 11.5 Å². The van der Waals surface area contributed by atoms with E-state index in [4.69, 9.17) is 9.47 Å². The number of nitrogens with zero attached hydrogens (tertiary/aromatic N) is 1. The van der Waals surface area contributed by atoms with E-state index in [0.29, 0.717) is 12.4 Å². The molecule has 4 rings (SSSR count). The molecule has 2 N–H and O–H groups in total. The van der Waals surface area contributed by atoms with Crippen LogP contribution in [0.4, 0.5) is 15.9 Å². The van der Waals surface area contributed by atoms with Gasteiger partial charge in [-0.3, -0.25) is 4.79 Å². The second kappa shape index (κ2) is 7.33. The number of rotatable bonds is 5. The van der Waals surface area contributed by atoms with Gasteiger partial charge in [0.1, 0.15) is 11.6 Å². The molecule has 1 aliphatic rings. The van der Waals surface area contributed by atoms with Crippen LogP contribution in [-0.2, 0) is 6.54 Å². The Morgan fingerprint density at radius 1 is 1.07 bits per heavy atom. The quantitative estimate of drug-likeness (QED) is 0.719. The number of ether oxygens (including phenoxy) is 2. The molecule has 0 radical (unpaired) electrons. The lowest BCUT2D eigenvalue weighted by Crippen LogP contribution is -2.13. The zero-order valence-corrected chi connectivity index (χ0v) is 14.2. The number of hydrogen-bond donors (Lipinski definition) is 2. The van der Waals surface area contributed by atoms with Crippen molar-refractivity contribution < 1.29 is 18.7 Å². The van der Waals surface area contributed by atoms with Gasteiger partial charge in [-0.25, -0.2) is 9.37 Å². The van der Waals surface area contributed by atoms with Gasteiger partial charge in [0.25, 0.3) is 5.91 Å². The predicted molar refractivity (Wildman–Crippen MR) is 98.5 cm³/mol. The molecule has 6 nitrogen and oxygen atoms in total. The van der Waals surface area contributed by atoms with Gasteiger partial charge in [-0.05, 0) is 48.0 Å². The van der Waals surface area contributed by atoms with Crippen LogP contribution in [0.2, 0.25) is 0 Å². The van der Waals surface area contributed by atoms with E-state index >= 15 is 0 Å². The van der Waals surface area contributed by atoms with E-state index in [2.05, 4.69) is 15.6 Å². The SMILES string of the molecule is O=C(Nc1ccc(NCc2ccc3c(c2)OCO3)cn1)c1cccc(F)c1. The van der Waals surface area contributed by atoms with Crippen LogP contribution >= 0.6 is 0 Å². The van der Waals surface area contributed by atoms with Crippen molar-refractivity contribution in [3.05, 3.63) is 77.7 Å². The zero-order valence-electron chi connectivity index (χ0n) is 14.2. The monoisotopic (exact) mass is 365 g/mol. The first kappa shape index (κ1) is 16.8. The zero-order chi connectivity index (χ0) is 18.6. The number of halogens is 1. The molecule has 3 aromatic rings. The average Bonchev–Trinajstić information content (AvgIpc) is 3.15. The van der Waals surface area contributed by atoms with Crippen molar-refractivity contribution in [3.8, 4) is 11.5 Å². The number of fused-ring (bicyclic) bond motifs is 1. The molecule has 1 aliphatic heterocycles. The molecule has 0 fully saturated rings. The Labute approximate surface area is 155 Å². The Balaban J connectivity index is 1.35. The summed E-state index contributed by atoms with van der Waals surface area (Å²) in [6.07, 6.45) is 1.62. The molecule has 1 amide bonds. The summed E-state index contributed by atoms with van der Waals surface area (Å²) in [6, 6.07) is 14.7. The Kier molecular flexibility index (Phi) is 4.57. The van der Waals surface area contributed by atoms with Gasteiger partial charge >= 0.3 is 0 Å². The third kappa shape index (κ3) is 3.98. The lowest BCUT2D eigenvalue weighted by atomic mass is 10.2. The molecule has 2 heterocycles. The number of benzene rings is 2. The normalized spacial score (nSPS) is 11.9. The van der Waals surface area contributed by atoms with Crippen LogP contribution in [0.3, 0.4) is 0 Å². The van der Waals surface area contributed by atoms with E-state index in [0.717, 1.165) is 22.7 Å². The first-order valence-electron chi connectivity index (χ1n) is 8.33. The van der Waals surface area contributed by atoms with Crippen LogP contribution in [0.25, 0.3) is 0 Å². The first-order valence-corrected chi connectivity index (χ1v) is 8.33. The first-order chi connectivity index (χ1) is 13.2. The van der Waals surface area contributed by atoms with Crippen molar-refractivity contribution in [2.75, 3.05) is 17.4 Å². The van der Waals surface area contributed by atoms with Crippen molar-refractivity contribution in [1.82, 2.24) is 4.98 Å². The van der Waals surface area contributed by atoms with E-state index in [1.165, 1.54) is 18.2 Å². The number of nitrogens with one attached hydrogen (secondary N) is 2. The van der Waals surface area contributed by atoms with Crippen LogP contribution < -0.4 is 20.1 Å². The summed E-state index contributed by atoms with van der Waals surface area (Å²) in [6.45, 7) is 0.840. The lowest BCUT2D eigenvalue weighted by molar-refractivity contribution is 0.102. The highest BCUT2D eigenvalue weighted by Gasteiger charge is 2.13. The fourth-order valence-corrected chi connectivity index (χ4v) is 2.65. The molecule has 136 valence electrons. The minimum absolute atomic E-state index is 0.238. The van der Waals surface area contributed by atoms with Crippen LogP contribution in [0, 0.1) is 5.82 Å². The van der Waals surface area contributed by atoms with Gasteiger partial charge in [0.05, 0.1) is 11.9 Å². The fraction of sp³-hybridized carbons (Fsp3) is 0.100. The number of carbonyl (C=O) groups excluding carboxylic acids is 1. The van der Waals surface area contributed by atoms with Crippen molar-refractivity contribution in [3.63, 3.8) is 0 Å². The lowest BCUT2D eigenvalue weighted by Gasteiger charge is -2.09. The average molecular weight is 365 g/mol. The summed E-state index contributed by atoms with van der Waals surface area (Å²) in [5, 5.41) is 5.89. The number of pyridine rings is 1. The summed E-state index contributed by atoms with van der Waals surface area (Å²) in [7, 11) is 0. The Hall–Kier alpha value is -3.61. The van der Waals surface area contributed by atoms with Gasteiger partial charge in [0, 0.05) is 12.1 Å². The summed E-state index contributed by atoms with van der Waals surface area (Å²) >= 11 is 0. The number of carbonyl (C=O) groups is 1. The van der Waals surface area contributed by atoms with Gasteiger partial charge in [0.15, 0.2) is 11.5 Å². The molecule has 0 bridgehead atoms. The largest absolute Gasteiger partial charge is 0.454 e. The topological polar surface area (TPSA) is 72.5 Å². The van der Waals surface area contributed by atoms with Crippen molar-refractivity contribution >= 4 is 17.4 Å². The highest BCUT2D eigenvalue weighted by Crippen LogP contribution is 2.32. The van der Waals surface area contributed by atoms with Crippen LogP contribution in [-0.4, -0.2) is 17.7 Å². The molecule has 2 aromatic carbocycles. The number of aromatic nitrogens is 1. The molecular weight excluding hydrogens is 349 g/mol. The third-order valence-corrected chi connectivity index (χ3v) is 4.03. The Morgan fingerprint density at radius 3 is 2.78 bits per heavy atom. The molecule has 0 unspecified atom stereocenters. The minimum Gasteiger partial charge on any atom is -0.454 e. The highest BCUT2D eigenvalue weighted by atomic mass is 19.1. The number of anilines is 2.